The van der Waals surface area contributed by atoms with Crippen LogP contribution in [0.1, 0.15) is 57.1 Å². The van der Waals surface area contributed by atoms with E-state index in [9.17, 15) is 4.79 Å². The van der Waals surface area contributed by atoms with E-state index in [1.807, 2.05) is 50.6 Å². The molecule has 0 aliphatic heterocycles. The minimum atomic E-state index is -0.172. The predicted octanol–water partition coefficient (Wildman–Crippen LogP) is 4.38. The first-order chi connectivity index (χ1) is 14.3. The molecule has 0 saturated heterocycles. The highest BCUT2D eigenvalue weighted by atomic mass is 16.5. The highest BCUT2D eigenvalue weighted by Crippen LogP contribution is 2.32. The van der Waals surface area contributed by atoms with Crippen molar-refractivity contribution in [3.8, 4) is 11.5 Å². The normalized spacial score (nSPS) is 12.0. The maximum absolute atomic E-state index is 12.5. The molecule has 0 radical (unpaired) electrons. The van der Waals surface area contributed by atoms with Crippen LogP contribution in [0.4, 0.5) is 4.79 Å². The molecule has 2 aromatic rings. The lowest BCUT2D eigenvalue weighted by Crippen LogP contribution is -2.40. The minimum Gasteiger partial charge on any atom is -0.490 e. The van der Waals surface area contributed by atoms with Gasteiger partial charge in [-0.1, -0.05) is 19.9 Å². The van der Waals surface area contributed by atoms with Crippen LogP contribution in [0.3, 0.4) is 0 Å². The van der Waals surface area contributed by atoms with Crippen LogP contribution in [0.5, 0.6) is 11.5 Å². The topological polar surface area (TPSA) is 77.4 Å². The summed E-state index contributed by atoms with van der Waals surface area (Å²) in [6.45, 7) is 14.6. The van der Waals surface area contributed by atoms with Gasteiger partial charge in [0.25, 0.3) is 0 Å². The van der Waals surface area contributed by atoms with E-state index < -0.39 is 0 Å². The number of carbonyl (C=O) groups excluding carboxylic acids is 1. The second kappa shape index (κ2) is 11.5. The summed E-state index contributed by atoms with van der Waals surface area (Å²) in [5.41, 5.74) is 3.15. The molecule has 2 N–H and O–H groups in total. The number of nitrogens with zero attached hydrogens (tertiary/aromatic N) is 2. The van der Waals surface area contributed by atoms with Crippen LogP contribution < -0.4 is 20.1 Å². The fraction of sp³-hybridized carbons (Fsp3) is 0.565. The van der Waals surface area contributed by atoms with Gasteiger partial charge in [-0.2, -0.15) is 5.10 Å². The summed E-state index contributed by atoms with van der Waals surface area (Å²) < 4.78 is 13.4. The molecule has 0 saturated carbocycles. The molecular formula is C23H36N4O3. The first kappa shape index (κ1) is 23.6. The lowest BCUT2D eigenvalue weighted by atomic mass is 9.96. The summed E-state index contributed by atoms with van der Waals surface area (Å²) in [7, 11) is 0. The van der Waals surface area contributed by atoms with E-state index in [0.29, 0.717) is 25.5 Å². The quantitative estimate of drug-likeness (QED) is 0.533. The molecule has 1 aromatic carbocycles. The van der Waals surface area contributed by atoms with Gasteiger partial charge in [-0.25, -0.2) is 4.79 Å². The maximum atomic E-state index is 12.5. The number of ether oxygens (including phenoxy) is 2. The summed E-state index contributed by atoms with van der Waals surface area (Å²) in [5.74, 6) is 1.65. The number of urea groups is 1. The van der Waals surface area contributed by atoms with Crippen molar-refractivity contribution >= 4 is 6.03 Å². The second-order valence-electron chi connectivity index (χ2n) is 7.70. The molecule has 1 aromatic heterocycles. The van der Waals surface area contributed by atoms with Gasteiger partial charge < -0.3 is 20.1 Å². The van der Waals surface area contributed by atoms with Crippen molar-refractivity contribution in [3.63, 3.8) is 0 Å². The molecule has 30 heavy (non-hydrogen) atoms. The first-order valence-electron chi connectivity index (χ1n) is 10.8. The Morgan fingerprint density at radius 2 is 1.80 bits per heavy atom. The lowest BCUT2D eigenvalue weighted by Gasteiger charge is -2.24. The molecule has 0 aliphatic rings. The zero-order valence-corrected chi connectivity index (χ0v) is 19.1. The van der Waals surface area contributed by atoms with Gasteiger partial charge in [0.05, 0.1) is 24.9 Å². The monoisotopic (exact) mass is 416 g/mol. The van der Waals surface area contributed by atoms with Gasteiger partial charge in [0.1, 0.15) is 0 Å². The Morgan fingerprint density at radius 3 is 2.40 bits per heavy atom. The van der Waals surface area contributed by atoms with Crippen molar-refractivity contribution in [2.75, 3.05) is 19.8 Å². The van der Waals surface area contributed by atoms with Crippen LogP contribution in [0, 0.1) is 19.8 Å². The van der Waals surface area contributed by atoms with Crippen LogP contribution >= 0.6 is 0 Å². The average molecular weight is 417 g/mol. The summed E-state index contributed by atoms with van der Waals surface area (Å²) in [6, 6.07) is 7.61. The summed E-state index contributed by atoms with van der Waals surface area (Å²) in [4.78, 5) is 12.5. The average Bonchev–Trinajstić information content (AvgIpc) is 3.02. The number of aromatic nitrogens is 2. The van der Waals surface area contributed by atoms with Crippen LogP contribution in [0.2, 0.25) is 0 Å². The SMILES string of the molecule is CCOc1ccc([C@@H](NC(=O)NCCCn2nc(C)cc2C)C(C)C)cc1OCC. The van der Waals surface area contributed by atoms with Crippen LogP contribution in [-0.4, -0.2) is 35.6 Å². The smallest absolute Gasteiger partial charge is 0.315 e. The molecule has 0 aliphatic carbocycles. The number of carbonyl (C=O) groups is 1. The van der Waals surface area contributed by atoms with Crippen LogP contribution in [-0.2, 0) is 6.54 Å². The molecule has 2 rings (SSSR count). The molecule has 2 amide bonds. The van der Waals surface area contributed by atoms with E-state index in [0.717, 1.165) is 35.7 Å². The van der Waals surface area contributed by atoms with Crippen molar-refractivity contribution in [1.29, 1.82) is 0 Å². The Bertz CT molecular complexity index is 817. The van der Waals surface area contributed by atoms with Crippen LogP contribution in [0.25, 0.3) is 0 Å². The number of nitrogens with one attached hydrogen (secondary N) is 2. The maximum Gasteiger partial charge on any atom is 0.315 e. The Balaban J connectivity index is 1.95. The van der Waals surface area contributed by atoms with Gasteiger partial charge in [-0.05, 0) is 63.8 Å². The van der Waals surface area contributed by atoms with Gasteiger partial charge in [0.15, 0.2) is 11.5 Å². The standard InChI is InChI=1S/C23H36N4O3/c1-7-29-20-11-10-19(15-21(20)30-8-2)22(16(3)4)25-23(28)24-12-9-13-27-18(6)14-17(5)26-27/h10-11,14-16,22H,7-9,12-13H2,1-6H3,(H2,24,25,28)/t22-/m0/s1. The highest BCUT2D eigenvalue weighted by Gasteiger charge is 2.20. The van der Waals surface area contributed by atoms with Crippen molar-refractivity contribution < 1.29 is 14.3 Å². The summed E-state index contributed by atoms with van der Waals surface area (Å²) >= 11 is 0. The van der Waals surface area contributed by atoms with Crippen molar-refractivity contribution in [3.05, 3.63) is 41.2 Å². The third kappa shape index (κ3) is 6.68. The number of rotatable bonds is 11. The summed E-state index contributed by atoms with van der Waals surface area (Å²) in [5, 5.41) is 10.5. The highest BCUT2D eigenvalue weighted by molar-refractivity contribution is 5.74. The Morgan fingerprint density at radius 1 is 1.10 bits per heavy atom. The Kier molecular flexibility index (Phi) is 9.02. The number of hydrogen-bond donors (Lipinski definition) is 2. The minimum absolute atomic E-state index is 0.129. The van der Waals surface area contributed by atoms with E-state index in [1.165, 1.54) is 0 Å². The molecule has 0 bridgehead atoms. The van der Waals surface area contributed by atoms with Crippen molar-refractivity contribution in [1.82, 2.24) is 20.4 Å². The molecule has 166 valence electrons. The molecule has 0 unspecified atom stereocenters. The van der Waals surface area contributed by atoms with Crippen LogP contribution in [0.15, 0.2) is 24.3 Å². The Labute approximate surface area is 180 Å². The fourth-order valence-electron chi connectivity index (χ4n) is 3.42. The number of aryl methyl sites for hydroxylation is 3. The lowest BCUT2D eigenvalue weighted by molar-refractivity contribution is 0.232. The van der Waals surface area contributed by atoms with E-state index in [-0.39, 0.29) is 18.0 Å². The van der Waals surface area contributed by atoms with Gasteiger partial charge in [-0.15, -0.1) is 0 Å². The third-order valence-corrected chi connectivity index (χ3v) is 4.82. The Hall–Kier alpha value is -2.70. The molecule has 1 heterocycles. The number of benzene rings is 1. The number of hydrogen-bond acceptors (Lipinski definition) is 4. The van der Waals surface area contributed by atoms with Crippen molar-refractivity contribution in [2.45, 2.75) is 60.5 Å². The molecule has 0 fully saturated rings. The van der Waals surface area contributed by atoms with E-state index in [4.69, 9.17) is 9.47 Å². The second-order valence-corrected chi connectivity index (χ2v) is 7.70. The molecule has 0 spiro atoms. The number of amides is 2. The molecular weight excluding hydrogens is 380 g/mol. The van der Waals surface area contributed by atoms with Gasteiger partial charge >= 0.3 is 6.03 Å². The zero-order chi connectivity index (χ0) is 22.1. The summed E-state index contributed by atoms with van der Waals surface area (Å²) in [6.07, 6.45) is 0.819. The van der Waals surface area contributed by atoms with E-state index in [2.05, 4.69) is 35.6 Å². The zero-order valence-electron chi connectivity index (χ0n) is 19.1. The van der Waals surface area contributed by atoms with Crippen molar-refractivity contribution in [2.24, 2.45) is 5.92 Å². The fourth-order valence-corrected chi connectivity index (χ4v) is 3.42. The predicted molar refractivity (Wildman–Crippen MR) is 119 cm³/mol. The third-order valence-electron chi connectivity index (χ3n) is 4.82. The van der Waals surface area contributed by atoms with Gasteiger partial charge in [-0.3, -0.25) is 4.68 Å². The largest absolute Gasteiger partial charge is 0.490 e. The van der Waals surface area contributed by atoms with E-state index in [1.54, 1.807) is 0 Å². The molecule has 7 heteroatoms. The first-order valence-corrected chi connectivity index (χ1v) is 10.8. The molecule has 7 nitrogen and oxygen atoms in total. The van der Waals surface area contributed by atoms with Gasteiger partial charge in [0, 0.05) is 18.8 Å². The van der Waals surface area contributed by atoms with E-state index >= 15 is 0 Å². The molecule has 1 atom stereocenters. The van der Waals surface area contributed by atoms with Gasteiger partial charge in [0.2, 0.25) is 0 Å².